The highest BCUT2D eigenvalue weighted by molar-refractivity contribution is 5.81. The van der Waals surface area contributed by atoms with Gasteiger partial charge in [0.05, 0.1) is 12.2 Å². The minimum atomic E-state index is -0.626. The number of nitrogens with zero attached hydrogens (tertiary/aromatic N) is 4. The minimum absolute atomic E-state index is 0.0917. The molecular weight excluding hydrogens is 260 g/mol. The molecule has 2 fully saturated rings. The molecule has 7 nitrogen and oxygen atoms in total. The monoisotopic (exact) mass is 282 g/mol. The Hall–Kier alpha value is -1.63. The molecule has 0 amide bonds. The van der Waals surface area contributed by atoms with Gasteiger partial charge >= 0.3 is 0 Å². The molecule has 20 heavy (non-hydrogen) atoms. The van der Waals surface area contributed by atoms with Crippen LogP contribution in [0, 0.1) is 16.0 Å². The van der Waals surface area contributed by atoms with Crippen molar-refractivity contribution in [3.63, 3.8) is 0 Å². The van der Waals surface area contributed by atoms with Crippen LogP contribution in [0.1, 0.15) is 20.3 Å². The highest BCUT2D eigenvalue weighted by Gasteiger charge is 2.36. The van der Waals surface area contributed by atoms with Crippen LogP contribution in [0.4, 0.5) is 0 Å². The quantitative estimate of drug-likeness (QED) is 0.430. The first-order valence-electron chi connectivity index (χ1n) is 6.89. The van der Waals surface area contributed by atoms with E-state index in [9.17, 15) is 10.1 Å². The van der Waals surface area contributed by atoms with Gasteiger partial charge in [0.15, 0.2) is 5.03 Å². The molecule has 2 rings (SSSR count). The molecule has 0 bridgehead atoms. The summed E-state index contributed by atoms with van der Waals surface area (Å²) >= 11 is 0. The number of ether oxygens (including phenoxy) is 1. The van der Waals surface area contributed by atoms with Crippen LogP contribution in [-0.4, -0.2) is 59.2 Å². The number of hydrogen-bond donors (Lipinski definition) is 0. The van der Waals surface area contributed by atoms with Gasteiger partial charge < -0.3 is 14.5 Å². The van der Waals surface area contributed by atoms with Crippen molar-refractivity contribution in [2.75, 3.05) is 32.8 Å². The number of guanidine groups is 1. The van der Waals surface area contributed by atoms with Crippen molar-refractivity contribution >= 4 is 5.96 Å². The molecule has 0 aromatic carbocycles. The number of nitro groups is 1. The largest absolute Gasteiger partial charge is 0.375 e. The summed E-state index contributed by atoms with van der Waals surface area (Å²) in [5, 5.41) is 13.6. The van der Waals surface area contributed by atoms with E-state index in [1.807, 2.05) is 9.80 Å². The van der Waals surface area contributed by atoms with Crippen molar-refractivity contribution in [1.29, 1.82) is 0 Å². The topological polar surface area (TPSA) is 71.2 Å². The molecule has 1 unspecified atom stereocenters. The van der Waals surface area contributed by atoms with E-state index in [-0.39, 0.29) is 5.60 Å². The molecule has 1 atom stereocenters. The van der Waals surface area contributed by atoms with Crippen molar-refractivity contribution in [2.24, 2.45) is 11.0 Å². The lowest BCUT2D eigenvalue weighted by Gasteiger charge is -2.22. The average Bonchev–Trinajstić information content (AvgIpc) is 2.86. The van der Waals surface area contributed by atoms with Crippen LogP contribution in [0.2, 0.25) is 0 Å². The van der Waals surface area contributed by atoms with Crippen LogP contribution in [0.15, 0.2) is 17.8 Å². The molecule has 2 aliphatic heterocycles. The zero-order valence-electron chi connectivity index (χ0n) is 12.1. The van der Waals surface area contributed by atoms with E-state index in [1.54, 1.807) is 6.08 Å². The summed E-state index contributed by atoms with van der Waals surface area (Å²) in [6.45, 7) is 11.4. The second-order valence-corrected chi connectivity index (χ2v) is 5.96. The van der Waals surface area contributed by atoms with E-state index >= 15 is 0 Å². The van der Waals surface area contributed by atoms with Gasteiger partial charge in [0.1, 0.15) is 5.10 Å². The third-order valence-electron chi connectivity index (χ3n) is 3.69. The lowest BCUT2D eigenvalue weighted by molar-refractivity contribution is -0.486. The van der Waals surface area contributed by atoms with Crippen molar-refractivity contribution in [2.45, 2.75) is 25.9 Å². The summed E-state index contributed by atoms with van der Waals surface area (Å²) < 4.78 is 5.72. The van der Waals surface area contributed by atoms with Crippen molar-refractivity contribution in [3.8, 4) is 0 Å². The van der Waals surface area contributed by atoms with E-state index in [0.29, 0.717) is 25.0 Å². The molecule has 0 saturated carbocycles. The Kier molecular flexibility index (Phi) is 4.27. The molecule has 2 saturated heterocycles. The van der Waals surface area contributed by atoms with Crippen LogP contribution in [0.5, 0.6) is 0 Å². The molecule has 0 spiro atoms. The first-order valence-corrected chi connectivity index (χ1v) is 6.89. The summed E-state index contributed by atoms with van der Waals surface area (Å²) in [5.74, 6) is 0.838. The van der Waals surface area contributed by atoms with Gasteiger partial charge in [0.2, 0.25) is 0 Å². The molecule has 7 heteroatoms. The summed E-state index contributed by atoms with van der Waals surface area (Å²) in [5.41, 5.74) is -0.0917. The summed E-state index contributed by atoms with van der Waals surface area (Å²) in [6.07, 6.45) is 2.71. The van der Waals surface area contributed by atoms with Gasteiger partial charge in [0.25, 0.3) is 5.96 Å². The third kappa shape index (κ3) is 3.47. The van der Waals surface area contributed by atoms with Crippen molar-refractivity contribution in [1.82, 2.24) is 9.80 Å². The van der Waals surface area contributed by atoms with Gasteiger partial charge in [-0.25, -0.2) is 10.1 Å². The lowest BCUT2D eigenvalue weighted by Crippen LogP contribution is -2.37. The van der Waals surface area contributed by atoms with Crippen molar-refractivity contribution in [3.05, 3.63) is 22.8 Å². The van der Waals surface area contributed by atoms with E-state index in [2.05, 4.69) is 25.5 Å². The van der Waals surface area contributed by atoms with E-state index in [1.165, 1.54) is 0 Å². The van der Waals surface area contributed by atoms with Gasteiger partial charge in [-0.15, -0.1) is 6.58 Å². The van der Waals surface area contributed by atoms with Crippen LogP contribution in [-0.2, 0) is 4.74 Å². The number of hydrogen-bond acceptors (Lipinski definition) is 3. The number of rotatable bonds is 5. The average molecular weight is 282 g/mol. The SMILES string of the molecule is C=CCN1CCN(CC2COC(C)(C)C2)C1=N[N+](=O)[O-]. The minimum Gasteiger partial charge on any atom is -0.375 e. The molecule has 112 valence electrons. The van der Waals surface area contributed by atoms with E-state index < -0.39 is 5.03 Å². The summed E-state index contributed by atoms with van der Waals surface area (Å²) in [4.78, 5) is 14.6. The fourth-order valence-corrected chi connectivity index (χ4v) is 2.93. The smallest absolute Gasteiger partial charge is 0.274 e. The predicted octanol–water partition coefficient (Wildman–Crippen LogP) is 1.15. The lowest BCUT2D eigenvalue weighted by atomic mass is 9.97. The third-order valence-corrected chi connectivity index (χ3v) is 3.69. The Morgan fingerprint density at radius 2 is 2.25 bits per heavy atom. The molecule has 2 aliphatic rings. The Balaban J connectivity index is 2.03. The maximum absolute atomic E-state index is 10.7. The maximum atomic E-state index is 10.7. The van der Waals surface area contributed by atoms with Crippen LogP contribution >= 0.6 is 0 Å². The fraction of sp³-hybridized carbons (Fsp3) is 0.769. The van der Waals surface area contributed by atoms with Crippen LogP contribution < -0.4 is 0 Å². The van der Waals surface area contributed by atoms with Gasteiger partial charge in [0, 0.05) is 32.1 Å². The normalized spacial score (nSPS) is 27.3. The van der Waals surface area contributed by atoms with Gasteiger partial charge in [-0.05, 0) is 20.3 Å². The van der Waals surface area contributed by atoms with E-state index in [4.69, 9.17) is 4.74 Å². The Bertz CT molecular complexity index is 422. The van der Waals surface area contributed by atoms with Crippen molar-refractivity contribution < 1.29 is 9.77 Å². The number of hydrazone groups is 1. The van der Waals surface area contributed by atoms with Crippen LogP contribution in [0.3, 0.4) is 0 Å². The highest BCUT2D eigenvalue weighted by atomic mass is 16.7. The first kappa shape index (κ1) is 14.8. The molecule has 0 aliphatic carbocycles. The molecule has 2 heterocycles. The highest BCUT2D eigenvalue weighted by Crippen LogP contribution is 2.30. The second kappa shape index (κ2) is 5.78. The zero-order valence-corrected chi connectivity index (χ0v) is 12.1. The van der Waals surface area contributed by atoms with Gasteiger partial charge in [-0.3, -0.25) is 0 Å². The van der Waals surface area contributed by atoms with Crippen LogP contribution in [0.25, 0.3) is 0 Å². The predicted molar refractivity (Wildman–Crippen MR) is 75.9 cm³/mol. The summed E-state index contributed by atoms with van der Waals surface area (Å²) in [6, 6.07) is 0. The summed E-state index contributed by atoms with van der Waals surface area (Å²) in [7, 11) is 0. The second-order valence-electron chi connectivity index (χ2n) is 5.96. The standard InChI is InChI=1S/C13H22N4O3/c1-4-5-15-6-7-16(12(15)14-17(18)19)9-11-8-13(2,3)20-10-11/h4,11H,1,5-10H2,2-3H3. The molecular formula is C13H22N4O3. The Morgan fingerprint density at radius 1 is 1.55 bits per heavy atom. The molecule has 0 N–H and O–H groups in total. The Labute approximate surface area is 119 Å². The maximum Gasteiger partial charge on any atom is 0.274 e. The van der Waals surface area contributed by atoms with Gasteiger partial charge in [-0.1, -0.05) is 6.08 Å². The molecule has 0 radical (unpaired) electrons. The van der Waals surface area contributed by atoms with E-state index in [0.717, 1.165) is 26.1 Å². The fourth-order valence-electron chi connectivity index (χ4n) is 2.93. The first-order chi connectivity index (χ1) is 9.41. The van der Waals surface area contributed by atoms with Gasteiger partial charge in [-0.2, -0.15) is 0 Å². The molecule has 0 aromatic heterocycles. The zero-order chi connectivity index (χ0) is 14.8. The molecule has 0 aromatic rings. The Morgan fingerprint density at radius 3 is 2.80 bits per heavy atom.